The Kier molecular flexibility index (Phi) is 8.37. The Bertz CT molecular complexity index is 414. The zero-order chi connectivity index (χ0) is 16.4. The lowest BCUT2D eigenvalue weighted by Crippen LogP contribution is -2.22. The summed E-state index contributed by atoms with van der Waals surface area (Å²) in [4.78, 5) is 0. The maximum atomic E-state index is 9.83. The molecule has 0 radical (unpaired) electrons. The Labute approximate surface area is 136 Å². The van der Waals surface area contributed by atoms with Gasteiger partial charge in [-0.2, -0.15) is 0 Å². The van der Waals surface area contributed by atoms with Gasteiger partial charge < -0.3 is 10.2 Å². The van der Waals surface area contributed by atoms with Crippen LogP contribution < -0.4 is 0 Å². The van der Waals surface area contributed by atoms with E-state index in [4.69, 9.17) is 0 Å². The van der Waals surface area contributed by atoms with Gasteiger partial charge in [0.2, 0.25) is 0 Å². The number of aromatic hydroxyl groups is 2. The van der Waals surface area contributed by atoms with Crippen molar-refractivity contribution in [2.45, 2.75) is 90.4 Å². The van der Waals surface area contributed by atoms with E-state index in [0.29, 0.717) is 0 Å². The minimum atomic E-state index is -0.0249. The first-order valence-corrected chi connectivity index (χ1v) is 9.06. The summed E-state index contributed by atoms with van der Waals surface area (Å²) in [5.74, 6) is -0.0195. The molecule has 0 atom stereocenters. The molecule has 2 nitrogen and oxygen atoms in total. The molecule has 0 saturated carbocycles. The van der Waals surface area contributed by atoms with Crippen molar-refractivity contribution in [3.8, 4) is 11.5 Å². The third-order valence-corrected chi connectivity index (χ3v) is 4.84. The smallest absolute Gasteiger partial charge is 0.157 e. The van der Waals surface area contributed by atoms with Crippen molar-refractivity contribution in [3.63, 3.8) is 0 Å². The molecule has 0 aliphatic rings. The van der Waals surface area contributed by atoms with Crippen molar-refractivity contribution in [1.82, 2.24) is 0 Å². The van der Waals surface area contributed by atoms with Crippen LogP contribution in [0.3, 0.4) is 0 Å². The van der Waals surface area contributed by atoms with Crippen molar-refractivity contribution in [2.75, 3.05) is 0 Å². The number of hydrogen-bond donors (Lipinski definition) is 2. The lowest BCUT2D eigenvalue weighted by Gasteiger charge is -2.31. The summed E-state index contributed by atoms with van der Waals surface area (Å²) in [6, 6.07) is 5.37. The molecule has 0 aromatic heterocycles. The topological polar surface area (TPSA) is 40.5 Å². The van der Waals surface area contributed by atoms with Crippen LogP contribution in [-0.4, -0.2) is 10.2 Å². The zero-order valence-electron chi connectivity index (χ0n) is 14.7. The summed E-state index contributed by atoms with van der Waals surface area (Å²) in [5, 5.41) is 19.4. The second-order valence-electron chi connectivity index (χ2n) is 6.89. The first kappa shape index (κ1) is 18.9. The van der Waals surface area contributed by atoms with Crippen LogP contribution in [0.5, 0.6) is 11.5 Å². The van der Waals surface area contributed by atoms with Crippen molar-refractivity contribution < 1.29 is 10.2 Å². The predicted octanol–water partition coefficient (Wildman–Crippen LogP) is 6.30. The van der Waals surface area contributed by atoms with E-state index in [-0.39, 0.29) is 16.9 Å². The van der Waals surface area contributed by atoms with Crippen molar-refractivity contribution in [2.24, 2.45) is 0 Å². The molecule has 0 saturated heterocycles. The van der Waals surface area contributed by atoms with Gasteiger partial charge in [0.15, 0.2) is 11.5 Å². The molecule has 0 fully saturated rings. The molecular weight excluding hydrogens is 272 g/mol. The third-order valence-electron chi connectivity index (χ3n) is 4.84. The van der Waals surface area contributed by atoms with E-state index in [0.717, 1.165) is 18.4 Å². The number of phenols is 2. The van der Waals surface area contributed by atoms with Gasteiger partial charge >= 0.3 is 0 Å². The highest BCUT2D eigenvalue weighted by Crippen LogP contribution is 2.38. The number of unbranched alkanes of at least 4 members (excludes halogenated alkanes) is 6. The minimum absolute atomic E-state index is 0.00541. The second-order valence-corrected chi connectivity index (χ2v) is 6.89. The van der Waals surface area contributed by atoms with Gasteiger partial charge in [-0.25, -0.2) is 0 Å². The number of benzene rings is 1. The molecule has 1 aromatic rings. The first-order valence-electron chi connectivity index (χ1n) is 9.06. The fourth-order valence-electron chi connectivity index (χ4n) is 3.20. The van der Waals surface area contributed by atoms with E-state index in [2.05, 4.69) is 20.8 Å². The number of hydrogen-bond acceptors (Lipinski definition) is 2. The van der Waals surface area contributed by atoms with Crippen molar-refractivity contribution >= 4 is 0 Å². The van der Waals surface area contributed by atoms with E-state index in [1.54, 1.807) is 12.1 Å². The van der Waals surface area contributed by atoms with Gasteiger partial charge in [-0.05, 0) is 36.0 Å². The Morgan fingerprint density at radius 3 is 1.77 bits per heavy atom. The molecule has 2 N–H and O–H groups in total. The highest BCUT2D eigenvalue weighted by atomic mass is 16.3. The maximum Gasteiger partial charge on any atom is 0.157 e. The molecule has 0 amide bonds. The zero-order valence-corrected chi connectivity index (χ0v) is 14.7. The summed E-state index contributed by atoms with van der Waals surface area (Å²) in [7, 11) is 0. The molecule has 0 spiro atoms. The fourth-order valence-corrected chi connectivity index (χ4v) is 3.20. The quantitative estimate of drug-likeness (QED) is 0.372. The average Bonchev–Trinajstić information content (AvgIpc) is 2.51. The van der Waals surface area contributed by atoms with E-state index in [1.807, 2.05) is 6.07 Å². The van der Waals surface area contributed by atoms with Gasteiger partial charge in [-0.15, -0.1) is 0 Å². The van der Waals surface area contributed by atoms with Crippen LogP contribution in [0, 0.1) is 0 Å². The fraction of sp³-hybridized carbons (Fsp3) is 0.700. The molecule has 1 aromatic carbocycles. The Morgan fingerprint density at radius 2 is 1.32 bits per heavy atom. The molecule has 0 heterocycles. The van der Waals surface area contributed by atoms with Gasteiger partial charge in [-0.3, -0.25) is 0 Å². The first-order chi connectivity index (χ1) is 10.5. The normalized spacial score (nSPS) is 11.8. The minimum Gasteiger partial charge on any atom is -0.504 e. The summed E-state index contributed by atoms with van der Waals surface area (Å²) < 4.78 is 0. The van der Waals surface area contributed by atoms with Crippen LogP contribution in [0.15, 0.2) is 18.2 Å². The molecule has 22 heavy (non-hydrogen) atoms. The van der Waals surface area contributed by atoms with Crippen LogP contribution in [0.4, 0.5) is 0 Å². The van der Waals surface area contributed by atoms with E-state index < -0.39 is 0 Å². The van der Waals surface area contributed by atoms with Gasteiger partial charge in [0, 0.05) is 0 Å². The summed E-state index contributed by atoms with van der Waals surface area (Å²) >= 11 is 0. The second kappa shape index (κ2) is 9.76. The maximum absolute atomic E-state index is 9.83. The molecule has 2 heteroatoms. The van der Waals surface area contributed by atoms with E-state index in [1.165, 1.54) is 51.4 Å². The van der Waals surface area contributed by atoms with E-state index >= 15 is 0 Å². The SMILES string of the molecule is CCCCCCC(C)(CCCCCC)c1ccc(O)c(O)c1. The van der Waals surface area contributed by atoms with Gasteiger partial charge in [0.1, 0.15) is 0 Å². The molecule has 0 aliphatic carbocycles. The van der Waals surface area contributed by atoms with Crippen LogP contribution >= 0.6 is 0 Å². The Hall–Kier alpha value is -1.18. The van der Waals surface area contributed by atoms with Crippen LogP contribution in [0.25, 0.3) is 0 Å². The predicted molar refractivity (Wildman–Crippen MR) is 94.6 cm³/mol. The largest absolute Gasteiger partial charge is 0.504 e. The van der Waals surface area contributed by atoms with Crippen LogP contribution in [0.1, 0.15) is 90.5 Å². The Balaban J connectivity index is 2.76. The lowest BCUT2D eigenvalue weighted by molar-refractivity contribution is 0.358. The van der Waals surface area contributed by atoms with Gasteiger partial charge in [-0.1, -0.05) is 78.2 Å². The van der Waals surface area contributed by atoms with E-state index in [9.17, 15) is 10.2 Å². The summed E-state index contributed by atoms with van der Waals surface area (Å²) in [5.41, 5.74) is 1.27. The van der Waals surface area contributed by atoms with Crippen molar-refractivity contribution in [1.29, 1.82) is 0 Å². The van der Waals surface area contributed by atoms with Crippen molar-refractivity contribution in [3.05, 3.63) is 23.8 Å². The molecule has 0 unspecified atom stereocenters. The van der Waals surface area contributed by atoms with Gasteiger partial charge in [0.25, 0.3) is 0 Å². The lowest BCUT2D eigenvalue weighted by atomic mass is 9.74. The summed E-state index contributed by atoms with van der Waals surface area (Å²) in [6.45, 7) is 6.79. The molecule has 1 rings (SSSR count). The standard InChI is InChI=1S/C20H34O2/c1-4-6-8-10-14-20(3,15-11-9-7-5-2)17-12-13-18(21)19(22)16-17/h12-13,16,21-22H,4-11,14-15H2,1-3H3. The number of phenolic OH excluding ortho intramolecular Hbond substituents is 2. The molecule has 126 valence electrons. The molecule has 0 bridgehead atoms. The molecular formula is C20H34O2. The monoisotopic (exact) mass is 306 g/mol. The van der Waals surface area contributed by atoms with Crippen LogP contribution in [-0.2, 0) is 5.41 Å². The highest BCUT2D eigenvalue weighted by molar-refractivity contribution is 5.43. The molecule has 0 aliphatic heterocycles. The Morgan fingerprint density at radius 1 is 0.773 bits per heavy atom. The average molecular weight is 306 g/mol. The highest BCUT2D eigenvalue weighted by Gasteiger charge is 2.26. The summed E-state index contributed by atoms with van der Waals surface area (Å²) in [6.07, 6.45) is 12.5. The third kappa shape index (κ3) is 5.90. The number of rotatable bonds is 11. The van der Waals surface area contributed by atoms with Gasteiger partial charge in [0.05, 0.1) is 0 Å². The van der Waals surface area contributed by atoms with Crippen LogP contribution in [0.2, 0.25) is 0 Å².